The van der Waals surface area contributed by atoms with E-state index in [4.69, 9.17) is 4.52 Å². The van der Waals surface area contributed by atoms with Gasteiger partial charge in [-0.15, -0.1) is 0 Å². The summed E-state index contributed by atoms with van der Waals surface area (Å²) in [5.74, 6) is -0.245. The van der Waals surface area contributed by atoms with E-state index in [2.05, 4.69) is 93.6 Å². The minimum Gasteiger partial charge on any atom is -0.447 e. The van der Waals surface area contributed by atoms with Crippen LogP contribution in [-0.2, 0) is 20.9 Å². The minimum absolute atomic E-state index is 0.00434. The van der Waals surface area contributed by atoms with E-state index in [0.29, 0.717) is 0 Å². The van der Waals surface area contributed by atoms with Crippen molar-refractivity contribution in [2.24, 2.45) is 0 Å². The fraction of sp³-hybridized carbons (Fsp3) is 0.240. The Labute approximate surface area is 169 Å². The summed E-state index contributed by atoms with van der Waals surface area (Å²) in [5.41, 5.74) is 7.23. The SMILES string of the molecule is CC(=O)OPC(Cc1ccc(C)cc1)(c1ccc(C)cc1)c1ccc(C)cc1. The monoisotopic (exact) mass is 390 g/mol. The molecule has 3 aromatic rings. The molecule has 1 unspecified atom stereocenters. The standard InChI is InChI=1S/C25H27O2P/c1-18-5-11-22(12-6-18)17-25(28-27-21(4)26,23-13-7-19(2)8-14-23)24-15-9-20(3)10-16-24/h5-16,28H,17H2,1-4H3. The van der Waals surface area contributed by atoms with Gasteiger partial charge in [-0.05, 0) is 43.9 Å². The number of aryl methyl sites for hydroxylation is 3. The highest BCUT2D eigenvalue weighted by molar-refractivity contribution is 7.35. The van der Waals surface area contributed by atoms with Crippen LogP contribution in [0.15, 0.2) is 72.8 Å². The van der Waals surface area contributed by atoms with Crippen LogP contribution in [0.3, 0.4) is 0 Å². The Morgan fingerprint density at radius 1 is 0.750 bits per heavy atom. The molecule has 2 nitrogen and oxygen atoms in total. The van der Waals surface area contributed by atoms with Gasteiger partial charge in [-0.25, -0.2) is 0 Å². The van der Waals surface area contributed by atoms with Crippen LogP contribution in [0.4, 0.5) is 0 Å². The number of rotatable bonds is 6. The van der Waals surface area contributed by atoms with E-state index < -0.39 is 5.16 Å². The van der Waals surface area contributed by atoms with Crippen molar-refractivity contribution < 1.29 is 9.32 Å². The summed E-state index contributed by atoms with van der Waals surface area (Å²) in [6.45, 7) is 7.75. The number of carbonyl (C=O) groups is 1. The fourth-order valence-corrected chi connectivity index (χ4v) is 4.54. The molecule has 0 saturated carbocycles. The van der Waals surface area contributed by atoms with Crippen molar-refractivity contribution in [2.45, 2.75) is 39.3 Å². The zero-order chi connectivity index (χ0) is 20.1. The summed E-state index contributed by atoms with van der Waals surface area (Å²) in [7, 11) is -0.00434. The van der Waals surface area contributed by atoms with Crippen LogP contribution >= 0.6 is 8.81 Å². The zero-order valence-corrected chi connectivity index (χ0v) is 18.0. The van der Waals surface area contributed by atoms with Crippen LogP contribution < -0.4 is 0 Å². The Hall–Kier alpha value is -2.44. The third-order valence-electron chi connectivity index (χ3n) is 5.05. The lowest BCUT2D eigenvalue weighted by Crippen LogP contribution is -2.26. The quantitative estimate of drug-likeness (QED) is 0.465. The molecule has 3 heteroatoms. The fourth-order valence-electron chi connectivity index (χ4n) is 3.37. The maximum absolute atomic E-state index is 11.7. The van der Waals surface area contributed by atoms with Crippen molar-refractivity contribution >= 4 is 14.8 Å². The average Bonchev–Trinajstić information content (AvgIpc) is 2.68. The molecule has 3 aromatic carbocycles. The molecule has 0 aliphatic heterocycles. The Kier molecular flexibility index (Phi) is 6.31. The highest BCUT2D eigenvalue weighted by atomic mass is 31.1. The Morgan fingerprint density at radius 3 is 1.54 bits per heavy atom. The normalized spacial score (nSPS) is 11.7. The van der Waals surface area contributed by atoms with Gasteiger partial charge in [-0.2, -0.15) is 0 Å². The van der Waals surface area contributed by atoms with E-state index in [1.165, 1.54) is 40.3 Å². The van der Waals surface area contributed by atoms with Crippen LogP contribution in [0, 0.1) is 20.8 Å². The molecule has 3 rings (SSSR count). The van der Waals surface area contributed by atoms with E-state index in [1.54, 1.807) is 0 Å². The lowest BCUT2D eigenvalue weighted by Gasteiger charge is -2.34. The van der Waals surface area contributed by atoms with Gasteiger partial charge in [-0.3, -0.25) is 4.79 Å². The molecule has 28 heavy (non-hydrogen) atoms. The predicted octanol–water partition coefficient (Wildman–Crippen LogP) is 6.25. The van der Waals surface area contributed by atoms with E-state index in [1.807, 2.05) is 0 Å². The molecule has 0 aromatic heterocycles. The third-order valence-corrected chi connectivity index (χ3v) is 6.54. The number of hydrogen-bond donors (Lipinski definition) is 0. The Morgan fingerprint density at radius 2 is 1.14 bits per heavy atom. The van der Waals surface area contributed by atoms with Gasteiger partial charge >= 0.3 is 5.97 Å². The molecule has 0 aliphatic rings. The first-order chi connectivity index (χ1) is 13.4. The summed E-state index contributed by atoms with van der Waals surface area (Å²) >= 11 is 0. The smallest absolute Gasteiger partial charge is 0.305 e. The molecule has 0 fully saturated rings. The molecular weight excluding hydrogens is 363 g/mol. The van der Waals surface area contributed by atoms with Gasteiger partial charge < -0.3 is 4.52 Å². The number of hydrogen-bond acceptors (Lipinski definition) is 2. The minimum atomic E-state index is -0.414. The molecule has 0 spiro atoms. The van der Waals surface area contributed by atoms with Gasteiger partial charge in [0.25, 0.3) is 0 Å². The van der Waals surface area contributed by atoms with Crippen LogP contribution in [0.25, 0.3) is 0 Å². The topological polar surface area (TPSA) is 26.3 Å². The molecule has 0 N–H and O–H groups in total. The molecule has 0 bridgehead atoms. The van der Waals surface area contributed by atoms with E-state index in [9.17, 15) is 4.79 Å². The maximum Gasteiger partial charge on any atom is 0.305 e. The van der Waals surface area contributed by atoms with Crippen molar-refractivity contribution in [3.8, 4) is 0 Å². The first kappa shape index (κ1) is 20.3. The van der Waals surface area contributed by atoms with Crippen LogP contribution in [0.1, 0.15) is 40.3 Å². The first-order valence-corrected chi connectivity index (χ1v) is 10.4. The Bertz CT molecular complexity index is 880. The predicted molar refractivity (Wildman–Crippen MR) is 118 cm³/mol. The molecule has 0 amide bonds. The highest BCUT2D eigenvalue weighted by Gasteiger charge is 2.36. The number of benzene rings is 3. The summed E-state index contributed by atoms with van der Waals surface area (Å²) < 4.78 is 5.66. The highest BCUT2D eigenvalue weighted by Crippen LogP contribution is 2.50. The van der Waals surface area contributed by atoms with Gasteiger partial charge in [0.1, 0.15) is 0 Å². The Balaban J connectivity index is 2.16. The summed E-state index contributed by atoms with van der Waals surface area (Å²) in [6.07, 6.45) is 0.769. The molecule has 1 atom stereocenters. The van der Waals surface area contributed by atoms with Crippen molar-refractivity contribution in [3.63, 3.8) is 0 Å². The first-order valence-electron chi connectivity index (χ1n) is 9.53. The van der Waals surface area contributed by atoms with E-state index in [-0.39, 0.29) is 14.8 Å². The second-order valence-electron chi connectivity index (χ2n) is 7.50. The van der Waals surface area contributed by atoms with Crippen LogP contribution in [-0.4, -0.2) is 5.97 Å². The lowest BCUT2D eigenvalue weighted by atomic mass is 9.84. The second-order valence-corrected chi connectivity index (χ2v) is 8.76. The van der Waals surface area contributed by atoms with E-state index in [0.717, 1.165) is 6.42 Å². The molecule has 0 saturated heterocycles. The van der Waals surface area contributed by atoms with Gasteiger partial charge in [0, 0.05) is 6.92 Å². The largest absolute Gasteiger partial charge is 0.447 e. The molecule has 0 radical (unpaired) electrons. The second kappa shape index (κ2) is 8.71. The lowest BCUT2D eigenvalue weighted by molar-refractivity contribution is -0.131. The maximum atomic E-state index is 11.7. The molecule has 0 aliphatic carbocycles. The summed E-state index contributed by atoms with van der Waals surface area (Å²) in [4.78, 5) is 11.7. The van der Waals surface area contributed by atoms with E-state index >= 15 is 0 Å². The van der Waals surface area contributed by atoms with Gasteiger partial charge in [0.05, 0.1) is 14.0 Å². The van der Waals surface area contributed by atoms with Crippen LogP contribution in [0.5, 0.6) is 0 Å². The molecule has 0 heterocycles. The van der Waals surface area contributed by atoms with Crippen molar-refractivity contribution in [2.75, 3.05) is 0 Å². The number of carbonyl (C=O) groups excluding carboxylic acids is 1. The average molecular weight is 390 g/mol. The van der Waals surface area contributed by atoms with Gasteiger partial charge in [-0.1, -0.05) is 89.5 Å². The van der Waals surface area contributed by atoms with Crippen molar-refractivity contribution in [3.05, 3.63) is 106 Å². The zero-order valence-electron chi connectivity index (χ0n) is 17.0. The molecular formula is C25H27O2P. The summed E-state index contributed by atoms with van der Waals surface area (Å²) in [5, 5.41) is -0.414. The van der Waals surface area contributed by atoms with Gasteiger partial charge in [0.15, 0.2) is 0 Å². The molecule has 144 valence electrons. The van der Waals surface area contributed by atoms with Crippen molar-refractivity contribution in [1.29, 1.82) is 0 Å². The third kappa shape index (κ3) is 4.69. The van der Waals surface area contributed by atoms with Gasteiger partial charge in [0.2, 0.25) is 0 Å². The summed E-state index contributed by atoms with van der Waals surface area (Å²) in [6, 6.07) is 25.8. The van der Waals surface area contributed by atoms with Crippen molar-refractivity contribution in [1.82, 2.24) is 0 Å². The van der Waals surface area contributed by atoms with Crippen LogP contribution in [0.2, 0.25) is 0 Å².